The number of carbonyl (C=O) groups is 1. The molecular weight excluding hydrogens is 354 g/mol. The Morgan fingerprint density at radius 1 is 1.59 bits per heavy atom. The van der Waals surface area contributed by atoms with Gasteiger partial charge in [-0.15, -0.1) is 0 Å². The Bertz CT molecular complexity index is 567. The molecule has 0 radical (unpaired) electrons. The van der Waals surface area contributed by atoms with Crippen molar-refractivity contribution in [2.45, 2.75) is 32.2 Å². The van der Waals surface area contributed by atoms with Crippen LogP contribution in [0.4, 0.5) is 5.69 Å². The Kier molecular flexibility index (Phi) is 5.84. The lowest BCUT2D eigenvalue weighted by molar-refractivity contribution is -0.386. The SMILES string of the molecule is CCOC(=O)CC1CCNC(c2nc(Br)ccc2[N+](=O)[O-])C1. The predicted octanol–water partition coefficient (Wildman–Crippen LogP) is 2.75. The maximum absolute atomic E-state index is 11.6. The zero-order chi connectivity index (χ0) is 16.1. The Hall–Kier alpha value is -1.54. The van der Waals surface area contributed by atoms with Crippen molar-refractivity contribution in [3.63, 3.8) is 0 Å². The molecule has 2 unspecified atom stereocenters. The van der Waals surface area contributed by atoms with Crippen LogP contribution in [0.25, 0.3) is 0 Å². The molecule has 7 nitrogen and oxygen atoms in total. The fourth-order valence-electron chi connectivity index (χ4n) is 2.70. The molecule has 1 aliphatic rings. The summed E-state index contributed by atoms with van der Waals surface area (Å²) in [4.78, 5) is 26.6. The summed E-state index contributed by atoms with van der Waals surface area (Å²) in [5.41, 5.74) is 0.408. The summed E-state index contributed by atoms with van der Waals surface area (Å²) in [6, 6.07) is 2.77. The summed E-state index contributed by atoms with van der Waals surface area (Å²) in [7, 11) is 0. The highest BCUT2D eigenvalue weighted by Crippen LogP contribution is 2.33. The quantitative estimate of drug-likeness (QED) is 0.370. The van der Waals surface area contributed by atoms with Crippen LogP contribution in [0.2, 0.25) is 0 Å². The molecule has 8 heteroatoms. The van der Waals surface area contributed by atoms with Crippen LogP contribution in [-0.4, -0.2) is 29.0 Å². The number of nitrogens with one attached hydrogen (secondary N) is 1. The minimum atomic E-state index is -0.425. The predicted molar refractivity (Wildman–Crippen MR) is 83.3 cm³/mol. The fraction of sp³-hybridized carbons (Fsp3) is 0.571. The zero-order valence-corrected chi connectivity index (χ0v) is 13.8. The molecule has 0 saturated carbocycles. The molecule has 2 rings (SSSR count). The standard InChI is InChI=1S/C14H18BrN3O4/c1-2-22-13(19)8-9-5-6-16-10(7-9)14-11(18(20)21)3-4-12(15)17-14/h3-4,9-10,16H,2,5-8H2,1H3. The molecule has 1 aliphatic heterocycles. The number of esters is 1. The van der Waals surface area contributed by atoms with Gasteiger partial charge in [0.2, 0.25) is 0 Å². The number of hydrogen-bond acceptors (Lipinski definition) is 6. The first-order valence-corrected chi connectivity index (χ1v) is 8.00. The molecule has 2 atom stereocenters. The Labute approximate surface area is 136 Å². The number of pyridine rings is 1. The van der Waals surface area contributed by atoms with Gasteiger partial charge in [-0.2, -0.15) is 0 Å². The van der Waals surface area contributed by atoms with Crippen molar-refractivity contribution in [2.24, 2.45) is 5.92 Å². The molecule has 1 N–H and O–H groups in total. The lowest BCUT2D eigenvalue weighted by Gasteiger charge is -2.29. The van der Waals surface area contributed by atoms with Crippen LogP contribution in [0.3, 0.4) is 0 Å². The molecule has 2 heterocycles. The van der Waals surface area contributed by atoms with Crippen LogP contribution >= 0.6 is 15.9 Å². The molecule has 0 aromatic carbocycles. The third kappa shape index (κ3) is 4.23. The van der Waals surface area contributed by atoms with E-state index in [4.69, 9.17) is 4.74 Å². The van der Waals surface area contributed by atoms with Gasteiger partial charge in [0.05, 0.1) is 17.6 Å². The van der Waals surface area contributed by atoms with Gasteiger partial charge in [-0.05, 0) is 54.2 Å². The van der Waals surface area contributed by atoms with Crippen molar-refractivity contribution in [3.05, 3.63) is 32.5 Å². The number of nitro groups is 1. The van der Waals surface area contributed by atoms with Crippen molar-refractivity contribution in [1.82, 2.24) is 10.3 Å². The molecule has 1 aromatic heterocycles. The number of hydrogen-bond donors (Lipinski definition) is 1. The van der Waals surface area contributed by atoms with Gasteiger partial charge in [-0.25, -0.2) is 4.98 Å². The molecule has 1 saturated heterocycles. The molecule has 120 valence electrons. The number of ether oxygens (including phenoxy) is 1. The van der Waals surface area contributed by atoms with Gasteiger partial charge in [0.15, 0.2) is 0 Å². The van der Waals surface area contributed by atoms with Crippen molar-refractivity contribution >= 4 is 27.6 Å². The molecule has 0 amide bonds. The van der Waals surface area contributed by atoms with E-state index in [-0.39, 0.29) is 23.6 Å². The van der Waals surface area contributed by atoms with Crippen LogP contribution in [0, 0.1) is 16.0 Å². The van der Waals surface area contributed by atoms with E-state index in [1.54, 1.807) is 13.0 Å². The highest BCUT2D eigenvalue weighted by Gasteiger charge is 2.30. The summed E-state index contributed by atoms with van der Waals surface area (Å²) in [5.74, 6) is -0.0736. The van der Waals surface area contributed by atoms with Crippen LogP contribution in [0.1, 0.15) is 37.9 Å². The molecule has 0 spiro atoms. The fourth-order valence-corrected chi connectivity index (χ4v) is 3.02. The smallest absolute Gasteiger partial charge is 0.306 e. The van der Waals surface area contributed by atoms with Crippen LogP contribution in [0.5, 0.6) is 0 Å². The molecule has 1 fully saturated rings. The van der Waals surface area contributed by atoms with Crippen LogP contribution < -0.4 is 5.32 Å². The number of aromatic nitrogens is 1. The zero-order valence-electron chi connectivity index (χ0n) is 12.3. The second kappa shape index (κ2) is 7.64. The molecule has 0 bridgehead atoms. The van der Waals surface area contributed by atoms with Gasteiger partial charge in [-0.1, -0.05) is 0 Å². The maximum atomic E-state index is 11.6. The van der Waals surface area contributed by atoms with E-state index < -0.39 is 4.92 Å². The summed E-state index contributed by atoms with van der Waals surface area (Å²) in [6.45, 7) is 2.84. The average Bonchev–Trinajstić information content (AvgIpc) is 2.47. The van der Waals surface area contributed by atoms with E-state index in [0.717, 1.165) is 6.42 Å². The molecular formula is C14H18BrN3O4. The normalized spacial score (nSPS) is 21.4. The maximum Gasteiger partial charge on any atom is 0.306 e. The third-order valence-corrected chi connectivity index (χ3v) is 4.11. The van der Waals surface area contributed by atoms with E-state index >= 15 is 0 Å². The topological polar surface area (TPSA) is 94.4 Å². The first kappa shape index (κ1) is 16.8. The van der Waals surface area contributed by atoms with E-state index in [1.165, 1.54) is 6.07 Å². The number of nitrogens with zero attached hydrogens (tertiary/aromatic N) is 2. The first-order valence-electron chi connectivity index (χ1n) is 7.21. The summed E-state index contributed by atoms with van der Waals surface area (Å²) in [6.07, 6.45) is 1.81. The van der Waals surface area contributed by atoms with Gasteiger partial charge in [0, 0.05) is 12.5 Å². The van der Waals surface area contributed by atoms with Crippen molar-refractivity contribution < 1.29 is 14.5 Å². The summed E-state index contributed by atoms with van der Waals surface area (Å²) < 4.78 is 5.53. The van der Waals surface area contributed by atoms with Crippen molar-refractivity contribution in [2.75, 3.05) is 13.2 Å². The van der Waals surface area contributed by atoms with Gasteiger partial charge in [0.25, 0.3) is 5.69 Å². The monoisotopic (exact) mass is 371 g/mol. The van der Waals surface area contributed by atoms with Gasteiger partial charge < -0.3 is 10.1 Å². The average molecular weight is 372 g/mol. The highest BCUT2D eigenvalue weighted by molar-refractivity contribution is 9.10. The lowest BCUT2D eigenvalue weighted by Crippen LogP contribution is -2.33. The van der Waals surface area contributed by atoms with Crippen LogP contribution in [0.15, 0.2) is 16.7 Å². The number of rotatable bonds is 5. The lowest BCUT2D eigenvalue weighted by atomic mass is 9.88. The Balaban J connectivity index is 2.14. The van der Waals surface area contributed by atoms with Gasteiger partial charge in [0.1, 0.15) is 10.3 Å². The third-order valence-electron chi connectivity index (χ3n) is 3.67. The number of piperidine rings is 1. The van der Waals surface area contributed by atoms with E-state index in [9.17, 15) is 14.9 Å². The van der Waals surface area contributed by atoms with E-state index in [0.29, 0.717) is 36.3 Å². The van der Waals surface area contributed by atoms with Crippen molar-refractivity contribution in [1.29, 1.82) is 0 Å². The second-order valence-corrected chi connectivity index (χ2v) is 6.01. The van der Waals surface area contributed by atoms with Gasteiger partial charge in [-0.3, -0.25) is 14.9 Å². The highest BCUT2D eigenvalue weighted by atomic mass is 79.9. The minimum absolute atomic E-state index is 0.00233. The Morgan fingerprint density at radius 3 is 3.05 bits per heavy atom. The van der Waals surface area contributed by atoms with E-state index in [1.807, 2.05) is 0 Å². The van der Waals surface area contributed by atoms with Crippen molar-refractivity contribution in [3.8, 4) is 0 Å². The summed E-state index contributed by atoms with van der Waals surface area (Å²) >= 11 is 3.25. The van der Waals surface area contributed by atoms with Gasteiger partial charge >= 0.3 is 5.97 Å². The molecule has 1 aromatic rings. The molecule has 22 heavy (non-hydrogen) atoms. The minimum Gasteiger partial charge on any atom is -0.466 e. The molecule has 0 aliphatic carbocycles. The Morgan fingerprint density at radius 2 is 2.36 bits per heavy atom. The second-order valence-electron chi connectivity index (χ2n) is 5.20. The number of carbonyl (C=O) groups excluding carboxylic acids is 1. The van der Waals surface area contributed by atoms with E-state index in [2.05, 4.69) is 26.2 Å². The first-order chi connectivity index (χ1) is 10.5. The van der Waals surface area contributed by atoms with Crippen LogP contribution in [-0.2, 0) is 9.53 Å². The summed E-state index contributed by atoms with van der Waals surface area (Å²) in [5, 5.41) is 14.4. The largest absolute Gasteiger partial charge is 0.466 e. The number of halogens is 1.